The Balaban J connectivity index is 2.41. The molecule has 6 heteroatoms. The van der Waals surface area contributed by atoms with E-state index in [1.807, 2.05) is 31.2 Å². The maximum absolute atomic E-state index is 12.2. The molecule has 0 radical (unpaired) electrons. The summed E-state index contributed by atoms with van der Waals surface area (Å²) in [5.74, 6) is 0. The van der Waals surface area contributed by atoms with Gasteiger partial charge in [0.2, 0.25) is 10.0 Å². The first-order chi connectivity index (χ1) is 9.80. The van der Waals surface area contributed by atoms with E-state index in [9.17, 15) is 8.42 Å². The van der Waals surface area contributed by atoms with Gasteiger partial charge in [0.15, 0.2) is 0 Å². The minimum Gasteiger partial charge on any atom is -0.398 e. The summed E-state index contributed by atoms with van der Waals surface area (Å²) in [4.78, 5) is 2.02. The number of nitrogens with zero attached hydrogens (tertiary/aromatic N) is 1. The van der Waals surface area contributed by atoms with Crippen LogP contribution in [0.1, 0.15) is 5.56 Å². The third-order valence-electron chi connectivity index (χ3n) is 2.98. The summed E-state index contributed by atoms with van der Waals surface area (Å²) in [5, 5.41) is 0. The smallest absolute Gasteiger partial charge is 0.242 e. The average Bonchev–Trinajstić information content (AvgIpc) is 2.41. The SMILES string of the molecule is Cc1cccc(Sc2cc(S(=O)(=O)N(C)C)ccc2N)c1. The average molecular weight is 322 g/mol. The highest BCUT2D eigenvalue weighted by atomic mass is 32.2. The van der Waals surface area contributed by atoms with Crippen LogP contribution >= 0.6 is 11.8 Å². The molecule has 0 aliphatic heterocycles. The lowest BCUT2D eigenvalue weighted by molar-refractivity contribution is 0.520. The fourth-order valence-corrected chi connectivity index (χ4v) is 3.80. The Morgan fingerprint density at radius 2 is 1.81 bits per heavy atom. The van der Waals surface area contributed by atoms with Crippen molar-refractivity contribution < 1.29 is 8.42 Å². The molecule has 0 bridgehead atoms. The summed E-state index contributed by atoms with van der Waals surface area (Å²) in [7, 11) is -0.426. The summed E-state index contributed by atoms with van der Waals surface area (Å²) in [5.41, 5.74) is 7.68. The Labute approximate surface area is 130 Å². The molecule has 0 heterocycles. The number of hydrogen-bond acceptors (Lipinski definition) is 4. The van der Waals surface area contributed by atoms with Gasteiger partial charge in [-0.25, -0.2) is 12.7 Å². The van der Waals surface area contributed by atoms with Crippen molar-refractivity contribution in [1.29, 1.82) is 0 Å². The lowest BCUT2D eigenvalue weighted by Crippen LogP contribution is -2.22. The van der Waals surface area contributed by atoms with E-state index in [0.717, 1.165) is 15.4 Å². The van der Waals surface area contributed by atoms with Crippen LogP contribution in [0.4, 0.5) is 5.69 Å². The molecular weight excluding hydrogens is 304 g/mol. The molecule has 0 saturated carbocycles. The van der Waals surface area contributed by atoms with Gasteiger partial charge in [-0.1, -0.05) is 29.5 Å². The molecule has 0 saturated heterocycles. The normalized spacial score (nSPS) is 11.8. The third kappa shape index (κ3) is 3.58. The van der Waals surface area contributed by atoms with E-state index in [1.54, 1.807) is 12.1 Å². The largest absolute Gasteiger partial charge is 0.398 e. The summed E-state index contributed by atoms with van der Waals surface area (Å²) < 4.78 is 25.5. The van der Waals surface area contributed by atoms with Crippen LogP contribution in [-0.4, -0.2) is 26.8 Å². The van der Waals surface area contributed by atoms with Gasteiger partial charge >= 0.3 is 0 Å². The van der Waals surface area contributed by atoms with E-state index in [1.165, 1.54) is 36.2 Å². The number of sulfonamides is 1. The van der Waals surface area contributed by atoms with Gasteiger partial charge in [-0.3, -0.25) is 0 Å². The zero-order chi connectivity index (χ0) is 15.6. The molecule has 2 aromatic rings. The van der Waals surface area contributed by atoms with E-state index in [4.69, 9.17) is 5.73 Å². The number of anilines is 1. The summed E-state index contributed by atoms with van der Waals surface area (Å²) >= 11 is 1.46. The van der Waals surface area contributed by atoms with Crippen molar-refractivity contribution in [1.82, 2.24) is 4.31 Å². The molecule has 112 valence electrons. The summed E-state index contributed by atoms with van der Waals surface area (Å²) in [6.45, 7) is 2.01. The maximum atomic E-state index is 12.2. The van der Waals surface area contributed by atoms with E-state index >= 15 is 0 Å². The van der Waals surface area contributed by atoms with Crippen LogP contribution in [0, 0.1) is 6.92 Å². The molecule has 0 unspecified atom stereocenters. The zero-order valence-electron chi connectivity index (χ0n) is 12.2. The van der Waals surface area contributed by atoms with Gasteiger partial charge in [-0.15, -0.1) is 0 Å². The zero-order valence-corrected chi connectivity index (χ0v) is 13.8. The van der Waals surface area contributed by atoms with Crippen LogP contribution < -0.4 is 5.73 Å². The molecule has 0 aromatic heterocycles. The Morgan fingerprint density at radius 1 is 1.10 bits per heavy atom. The molecule has 21 heavy (non-hydrogen) atoms. The first-order valence-corrected chi connectivity index (χ1v) is 8.63. The fraction of sp³-hybridized carbons (Fsp3) is 0.200. The van der Waals surface area contributed by atoms with Crippen molar-refractivity contribution in [2.24, 2.45) is 0 Å². The molecule has 0 fully saturated rings. The number of benzene rings is 2. The molecule has 2 N–H and O–H groups in total. The van der Waals surface area contributed by atoms with Gasteiger partial charge in [0.25, 0.3) is 0 Å². The number of nitrogens with two attached hydrogens (primary N) is 1. The van der Waals surface area contributed by atoms with Gasteiger partial charge in [-0.05, 0) is 37.3 Å². The fourth-order valence-electron chi connectivity index (χ4n) is 1.78. The van der Waals surface area contributed by atoms with Crippen molar-refractivity contribution in [2.45, 2.75) is 21.6 Å². The molecule has 0 atom stereocenters. The Morgan fingerprint density at radius 3 is 2.43 bits per heavy atom. The second kappa shape index (κ2) is 6.09. The molecule has 4 nitrogen and oxygen atoms in total. The van der Waals surface area contributed by atoms with Crippen LogP contribution in [0.3, 0.4) is 0 Å². The van der Waals surface area contributed by atoms with Crippen molar-refractivity contribution in [3.8, 4) is 0 Å². The van der Waals surface area contributed by atoms with E-state index < -0.39 is 10.0 Å². The van der Waals surface area contributed by atoms with Crippen molar-refractivity contribution >= 4 is 27.5 Å². The van der Waals surface area contributed by atoms with Gasteiger partial charge < -0.3 is 5.73 Å². The molecule has 0 spiro atoms. The van der Waals surface area contributed by atoms with E-state index in [0.29, 0.717) is 5.69 Å². The summed E-state index contributed by atoms with van der Waals surface area (Å²) in [6, 6.07) is 12.8. The van der Waals surface area contributed by atoms with Crippen LogP contribution in [0.15, 0.2) is 57.2 Å². The number of nitrogen functional groups attached to an aromatic ring is 1. The highest BCUT2D eigenvalue weighted by molar-refractivity contribution is 7.99. The highest BCUT2D eigenvalue weighted by Crippen LogP contribution is 2.34. The second-order valence-corrected chi connectivity index (χ2v) is 8.17. The molecule has 2 aromatic carbocycles. The minimum absolute atomic E-state index is 0.247. The highest BCUT2D eigenvalue weighted by Gasteiger charge is 2.18. The van der Waals surface area contributed by atoms with Gasteiger partial charge in [0, 0.05) is 29.6 Å². The van der Waals surface area contributed by atoms with Crippen LogP contribution in [0.25, 0.3) is 0 Å². The minimum atomic E-state index is -3.45. The first kappa shape index (κ1) is 15.9. The van der Waals surface area contributed by atoms with E-state index in [2.05, 4.69) is 0 Å². The van der Waals surface area contributed by atoms with Gasteiger partial charge in [0.05, 0.1) is 4.90 Å². The van der Waals surface area contributed by atoms with Crippen LogP contribution in [0.5, 0.6) is 0 Å². The van der Waals surface area contributed by atoms with Crippen LogP contribution in [0.2, 0.25) is 0 Å². The summed E-state index contributed by atoms with van der Waals surface area (Å²) in [6.07, 6.45) is 0. The Kier molecular flexibility index (Phi) is 4.61. The second-order valence-electron chi connectivity index (χ2n) is 4.91. The topological polar surface area (TPSA) is 63.4 Å². The van der Waals surface area contributed by atoms with Crippen LogP contribution in [-0.2, 0) is 10.0 Å². The monoisotopic (exact) mass is 322 g/mol. The molecular formula is C15H18N2O2S2. The lowest BCUT2D eigenvalue weighted by Gasteiger charge is -2.13. The van der Waals surface area contributed by atoms with Gasteiger partial charge in [-0.2, -0.15) is 0 Å². The number of aryl methyl sites for hydroxylation is 1. The maximum Gasteiger partial charge on any atom is 0.242 e. The molecule has 2 rings (SSSR count). The number of hydrogen-bond donors (Lipinski definition) is 1. The Bertz CT molecular complexity index is 756. The lowest BCUT2D eigenvalue weighted by atomic mass is 10.2. The number of rotatable bonds is 4. The van der Waals surface area contributed by atoms with Crippen molar-refractivity contribution in [2.75, 3.05) is 19.8 Å². The predicted octanol–water partition coefficient (Wildman–Crippen LogP) is 2.98. The molecule has 0 amide bonds. The Hall–Kier alpha value is -1.50. The molecule has 0 aliphatic carbocycles. The van der Waals surface area contributed by atoms with E-state index in [-0.39, 0.29) is 4.90 Å². The first-order valence-electron chi connectivity index (χ1n) is 6.37. The third-order valence-corrected chi connectivity index (χ3v) is 5.86. The quantitative estimate of drug-likeness (QED) is 0.879. The van der Waals surface area contributed by atoms with Crippen molar-refractivity contribution in [3.63, 3.8) is 0 Å². The van der Waals surface area contributed by atoms with Gasteiger partial charge in [0.1, 0.15) is 0 Å². The standard InChI is InChI=1S/C15H18N2O2S2/c1-11-5-4-6-12(9-11)20-15-10-13(7-8-14(15)16)21(18,19)17(2)3/h4-10H,16H2,1-3H3. The van der Waals surface area contributed by atoms with Crippen molar-refractivity contribution in [3.05, 3.63) is 48.0 Å². The molecule has 0 aliphatic rings. The predicted molar refractivity (Wildman–Crippen MR) is 87.0 cm³/mol.